The fraction of sp³-hybridized carbons (Fsp3) is 0.700. The highest BCUT2D eigenvalue weighted by atomic mass is 19.4. The topological polar surface area (TPSA) is 132 Å². The lowest BCUT2D eigenvalue weighted by atomic mass is 9.69. The van der Waals surface area contributed by atoms with E-state index in [4.69, 9.17) is 10.2 Å². The molecule has 10 heteroatoms. The van der Waals surface area contributed by atoms with E-state index in [1.807, 2.05) is 0 Å². The zero-order chi connectivity index (χ0) is 16.5. The van der Waals surface area contributed by atoms with E-state index in [0.717, 1.165) is 0 Å². The molecular formula is C10H13F3O7. The Kier molecular flexibility index (Phi) is 5.05. The number of ketones is 2. The third-order valence-corrected chi connectivity index (χ3v) is 2.97. The average Bonchev–Trinajstić information content (AvgIpc) is 2.24. The second-order valence-corrected chi connectivity index (χ2v) is 4.21. The van der Waals surface area contributed by atoms with E-state index in [9.17, 15) is 37.8 Å². The summed E-state index contributed by atoms with van der Waals surface area (Å²) in [5, 5.41) is 37.1. The Morgan fingerprint density at radius 3 is 1.60 bits per heavy atom. The molecule has 0 heterocycles. The number of alkyl halides is 3. The third-order valence-electron chi connectivity index (χ3n) is 2.97. The molecule has 0 saturated carbocycles. The SMILES string of the molecule is CC(=O)[C@](O)(CO)[C@@](O)(C(C)=O)[C@H](C(=O)O)C(F)(F)F. The summed E-state index contributed by atoms with van der Waals surface area (Å²) in [7, 11) is 0. The van der Waals surface area contributed by atoms with Gasteiger partial charge in [0.05, 0.1) is 6.61 Å². The summed E-state index contributed by atoms with van der Waals surface area (Å²) in [4.78, 5) is 33.3. The Bertz CT molecular complexity index is 433. The van der Waals surface area contributed by atoms with E-state index in [2.05, 4.69) is 0 Å². The normalized spacial score (nSPS) is 19.6. The van der Waals surface area contributed by atoms with Gasteiger partial charge in [0.2, 0.25) is 0 Å². The molecule has 0 amide bonds. The van der Waals surface area contributed by atoms with Crippen LogP contribution >= 0.6 is 0 Å². The van der Waals surface area contributed by atoms with Gasteiger partial charge in [-0.2, -0.15) is 13.2 Å². The van der Waals surface area contributed by atoms with Gasteiger partial charge in [0.1, 0.15) is 0 Å². The first-order valence-corrected chi connectivity index (χ1v) is 5.14. The minimum Gasteiger partial charge on any atom is -0.481 e. The minimum absolute atomic E-state index is 0.366. The van der Waals surface area contributed by atoms with Crippen LogP contribution in [0.1, 0.15) is 13.8 Å². The molecule has 0 bridgehead atoms. The maximum absolute atomic E-state index is 12.8. The van der Waals surface area contributed by atoms with Crippen LogP contribution < -0.4 is 0 Å². The number of rotatable bonds is 6. The van der Waals surface area contributed by atoms with Crippen LogP contribution in [0, 0.1) is 5.92 Å². The number of aliphatic hydroxyl groups is 3. The lowest BCUT2D eigenvalue weighted by Crippen LogP contribution is -2.71. The first kappa shape index (κ1) is 18.5. The van der Waals surface area contributed by atoms with Crippen molar-refractivity contribution in [2.45, 2.75) is 31.2 Å². The summed E-state index contributed by atoms with van der Waals surface area (Å²) in [5.74, 6) is -9.88. The van der Waals surface area contributed by atoms with E-state index >= 15 is 0 Å². The Morgan fingerprint density at radius 2 is 1.45 bits per heavy atom. The Labute approximate surface area is 110 Å². The molecule has 0 aromatic rings. The fourth-order valence-electron chi connectivity index (χ4n) is 1.79. The maximum Gasteiger partial charge on any atom is 0.405 e. The molecule has 0 fully saturated rings. The van der Waals surface area contributed by atoms with Crippen molar-refractivity contribution in [2.24, 2.45) is 5.92 Å². The molecule has 7 nitrogen and oxygen atoms in total. The van der Waals surface area contributed by atoms with Crippen molar-refractivity contribution in [1.82, 2.24) is 0 Å². The second kappa shape index (κ2) is 5.46. The van der Waals surface area contributed by atoms with Crippen molar-refractivity contribution in [2.75, 3.05) is 6.61 Å². The lowest BCUT2D eigenvalue weighted by Gasteiger charge is -2.42. The van der Waals surface area contributed by atoms with Crippen LogP contribution in [0.25, 0.3) is 0 Å². The van der Waals surface area contributed by atoms with E-state index in [-0.39, 0.29) is 0 Å². The van der Waals surface area contributed by atoms with Crippen molar-refractivity contribution in [1.29, 1.82) is 0 Å². The fourth-order valence-corrected chi connectivity index (χ4v) is 1.79. The van der Waals surface area contributed by atoms with Gasteiger partial charge >= 0.3 is 12.1 Å². The lowest BCUT2D eigenvalue weighted by molar-refractivity contribution is -0.262. The van der Waals surface area contributed by atoms with E-state index < -0.39 is 47.4 Å². The molecule has 0 radical (unpaired) electrons. The number of carboxylic acid groups (broad SMARTS) is 1. The van der Waals surface area contributed by atoms with Gasteiger partial charge < -0.3 is 20.4 Å². The Balaban J connectivity index is 6.42. The summed E-state index contributed by atoms with van der Waals surface area (Å²) in [6.45, 7) is -0.900. The summed E-state index contributed by atoms with van der Waals surface area (Å²) in [6, 6.07) is 0. The average molecular weight is 302 g/mol. The number of hydrogen-bond acceptors (Lipinski definition) is 6. The first-order valence-electron chi connectivity index (χ1n) is 5.14. The van der Waals surface area contributed by atoms with Crippen LogP contribution in [0.15, 0.2) is 0 Å². The van der Waals surface area contributed by atoms with Gasteiger partial charge in [-0.15, -0.1) is 0 Å². The predicted octanol–water partition coefficient (Wildman–Crippen LogP) is -1.12. The predicted molar refractivity (Wildman–Crippen MR) is 55.5 cm³/mol. The zero-order valence-corrected chi connectivity index (χ0v) is 10.4. The van der Waals surface area contributed by atoms with Gasteiger partial charge in [-0.3, -0.25) is 14.4 Å². The maximum atomic E-state index is 12.8. The molecule has 0 aliphatic rings. The number of hydrogen-bond donors (Lipinski definition) is 4. The molecule has 0 rings (SSSR count). The highest BCUT2D eigenvalue weighted by Gasteiger charge is 2.70. The monoisotopic (exact) mass is 302 g/mol. The van der Waals surface area contributed by atoms with Crippen LogP contribution in [0.4, 0.5) is 13.2 Å². The molecule has 0 aromatic heterocycles. The van der Waals surface area contributed by atoms with E-state index in [1.165, 1.54) is 0 Å². The van der Waals surface area contributed by atoms with Gasteiger partial charge in [-0.05, 0) is 13.8 Å². The number of aliphatic carboxylic acids is 1. The van der Waals surface area contributed by atoms with Crippen molar-refractivity contribution >= 4 is 17.5 Å². The number of carboxylic acids is 1. The molecule has 3 atom stereocenters. The highest BCUT2D eigenvalue weighted by Crippen LogP contribution is 2.41. The van der Waals surface area contributed by atoms with Crippen molar-refractivity contribution in [3.05, 3.63) is 0 Å². The minimum atomic E-state index is -5.65. The molecule has 0 unspecified atom stereocenters. The van der Waals surface area contributed by atoms with Crippen molar-refractivity contribution < 1.29 is 48.0 Å². The zero-order valence-electron chi connectivity index (χ0n) is 10.4. The molecule has 116 valence electrons. The number of halogens is 3. The van der Waals surface area contributed by atoms with E-state index in [1.54, 1.807) is 0 Å². The molecule has 0 saturated heterocycles. The standard InChI is InChI=1S/C10H13F3O7/c1-4(15)8(19,3-14)9(20,5(2)16)6(7(17)18)10(11,12)13/h6,14,19-20H,3H2,1-2H3,(H,17,18)/t6-,8+,9+/m0/s1. The molecule has 4 N–H and O–H groups in total. The van der Waals surface area contributed by atoms with Crippen LogP contribution in [0.3, 0.4) is 0 Å². The quantitative estimate of drug-likeness (QED) is 0.488. The van der Waals surface area contributed by atoms with Gasteiger partial charge in [-0.1, -0.05) is 0 Å². The smallest absolute Gasteiger partial charge is 0.405 e. The number of aliphatic hydroxyl groups excluding tert-OH is 1. The Hall–Kier alpha value is -1.52. The second-order valence-electron chi connectivity index (χ2n) is 4.21. The number of Topliss-reactive ketones (excluding diaryl/α,β-unsaturated/α-hetero) is 2. The largest absolute Gasteiger partial charge is 0.481 e. The molecule has 0 aromatic carbocycles. The van der Waals surface area contributed by atoms with Gasteiger partial charge in [0.15, 0.2) is 28.7 Å². The van der Waals surface area contributed by atoms with Crippen molar-refractivity contribution in [3.63, 3.8) is 0 Å². The number of carbonyl (C=O) groups excluding carboxylic acids is 2. The van der Waals surface area contributed by atoms with Crippen molar-refractivity contribution in [3.8, 4) is 0 Å². The molecule has 0 spiro atoms. The first-order chi connectivity index (χ1) is 8.76. The highest BCUT2D eigenvalue weighted by molar-refractivity contribution is 6.00. The van der Waals surface area contributed by atoms with Crippen LogP contribution in [-0.4, -0.2) is 61.9 Å². The summed E-state index contributed by atoms with van der Waals surface area (Å²) >= 11 is 0. The summed E-state index contributed by atoms with van der Waals surface area (Å²) in [5.41, 5.74) is -7.66. The van der Waals surface area contributed by atoms with E-state index in [0.29, 0.717) is 13.8 Å². The molecule has 0 aliphatic heterocycles. The van der Waals surface area contributed by atoms with Crippen LogP contribution in [0.2, 0.25) is 0 Å². The molecular weight excluding hydrogens is 289 g/mol. The molecule has 0 aliphatic carbocycles. The third kappa shape index (κ3) is 2.67. The summed E-state index contributed by atoms with van der Waals surface area (Å²) in [6.07, 6.45) is -5.65. The molecule has 20 heavy (non-hydrogen) atoms. The van der Waals surface area contributed by atoms with Gasteiger partial charge in [-0.25, -0.2) is 0 Å². The van der Waals surface area contributed by atoms with Crippen LogP contribution in [-0.2, 0) is 14.4 Å². The summed E-state index contributed by atoms with van der Waals surface area (Å²) < 4.78 is 38.3. The Morgan fingerprint density at radius 1 is 1.05 bits per heavy atom. The number of carbonyl (C=O) groups is 3. The van der Waals surface area contributed by atoms with Gasteiger partial charge in [0, 0.05) is 0 Å². The van der Waals surface area contributed by atoms with Crippen LogP contribution in [0.5, 0.6) is 0 Å². The van der Waals surface area contributed by atoms with Gasteiger partial charge in [0.25, 0.3) is 0 Å².